The van der Waals surface area contributed by atoms with Crippen molar-refractivity contribution in [3.05, 3.63) is 66.0 Å². The van der Waals surface area contributed by atoms with Crippen LogP contribution in [-0.4, -0.2) is 69.7 Å². The van der Waals surface area contributed by atoms with Gasteiger partial charge < -0.3 is 10.2 Å². The van der Waals surface area contributed by atoms with E-state index in [4.69, 9.17) is 0 Å². The molecular weight excluding hydrogens is 447 g/mol. The maximum absolute atomic E-state index is 13.5. The lowest BCUT2D eigenvalue weighted by Crippen LogP contribution is -2.53. The van der Waals surface area contributed by atoms with Gasteiger partial charge in [0.1, 0.15) is 18.4 Å². The van der Waals surface area contributed by atoms with E-state index in [0.29, 0.717) is 12.8 Å². The normalized spacial score (nSPS) is 12.3. The van der Waals surface area contributed by atoms with E-state index in [2.05, 4.69) is 5.32 Å². The van der Waals surface area contributed by atoms with E-state index in [-0.39, 0.29) is 18.1 Å². The first-order valence-electron chi connectivity index (χ1n) is 10.6. The third-order valence-corrected chi connectivity index (χ3v) is 7.07. The molecule has 1 N–H and O–H groups in total. The van der Waals surface area contributed by atoms with Gasteiger partial charge in [0, 0.05) is 27.7 Å². The Morgan fingerprint density at radius 3 is 2.15 bits per heavy atom. The van der Waals surface area contributed by atoms with Crippen molar-refractivity contribution >= 4 is 27.7 Å². The molecule has 0 radical (unpaired) electrons. The quantitative estimate of drug-likeness (QED) is 0.535. The summed E-state index contributed by atoms with van der Waals surface area (Å²) in [7, 11) is 0.130. The fourth-order valence-corrected chi connectivity index (χ4v) is 4.44. The molecule has 8 nitrogen and oxygen atoms in total. The van der Waals surface area contributed by atoms with Gasteiger partial charge in [0.25, 0.3) is 0 Å². The smallest absolute Gasteiger partial charge is 0.304 e. The van der Waals surface area contributed by atoms with E-state index in [1.54, 1.807) is 6.92 Å². The van der Waals surface area contributed by atoms with Crippen molar-refractivity contribution in [3.63, 3.8) is 0 Å². The van der Waals surface area contributed by atoms with Gasteiger partial charge in [-0.25, -0.2) is 8.70 Å². The van der Waals surface area contributed by atoms with Crippen LogP contribution in [0.15, 0.2) is 54.6 Å². The molecule has 0 fully saturated rings. The maximum Gasteiger partial charge on any atom is 0.304 e. The highest BCUT2D eigenvalue weighted by Gasteiger charge is 2.33. The molecule has 2 aromatic carbocycles. The van der Waals surface area contributed by atoms with Crippen LogP contribution in [0.2, 0.25) is 0 Å². The van der Waals surface area contributed by atoms with Crippen LogP contribution in [0.4, 0.5) is 10.1 Å². The lowest BCUT2D eigenvalue weighted by Gasteiger charge is -2.33. The highest BCUT2D eigenvalue weighted by Crippen LogP contribution is 2.21. The van der Waals surface area contributed by atoms with Crippen molar-refractivity contribution in [2.75, 3.05) is 38.5 Å². The number of benzene rings is 2. The summed E-state index contributed by atoms with van der Waals surface area (Å²) in [4.78, 5) is 27.4. The molecule has 180 valence electrons. The van der Waals surface area contributed by atoms with E-state index in [0.717, 1.165) is 26.3 Å². The van der Waals surface area contributed by atoms with Crippen LogP contribution in [0.3, 0.4) is 0 Å². The van der Waals surface area contributed by atoms with E-state index in [1.807, 2.05) is 30.3 Å². The third-order valence-electron chi connectivity index (χ3n) is 5.25. The second-order valence-corrected chi connectivity index (χ2v) is 9.70. The van der Waals surface area contributed by atoms with Gasteiger partial charge in [0.15, 0.2) is 0 Å². The van der Waals surface area contributed by atoms with Crippen LogP contribution in [-0.2, 0) is 26.2 Å². The van der Waals surface area contributed by atoms with Crippen molar-refractivity contribution < 1.29 is 22.4 Å². The van der Waals surface area contributed by atoms with Crippen LogP contribution in [0, 0.1) is 5.82 Å². The summed E-state index contributed by atoms with van der Waals surface area (Å²) in [6.45, 7) is 1.49. The summed E-state index contributed by atoms with van der Waals surface area (Å²) in [5, 5.41) is 2.57. The molecule has 0 aromatic heterocycles. The SMILES string of the molecule is CC[C@@H](C(=O)NC)N(CCc1ccccc1)C(=O)CN(c1ccc(F)cc1)S(=O)(=O)N(C)C. The maximum atomic E-state index is 13.5. The van der Waals surface area contributed by atoms with Crippen molar-refractivity contribution in [2.45, 2.75) is 25.8 Å². The molecule has 0 saturated carbocycles. The van der Waals surface area contributed by atoms with Crippen LogP contribution in [0.1, 0.15) is 18.9 Å². The fourth-order valence-electron chi connectivity index (χ4n) is 3.39. The number of rotatable bonds is 11. The van der Waals surface area contributed by atoms with E-state index in [9.17, 15) is 22.4 Å². The largest absolute Gasteiger partial charge is 0.357 e. The Bertz CT molecular complexity index is 1030. The summed E-state index contributed by atoms with van der Waals surface area (Å²) in [6.07, 6.45) is 0.855. The molecule has 1 atom stereocenters. The first-order valence-corrected chi connectivity index (χ1v) is 12.0. The molecule has 0 saturated heterocycles. The second kappa shape index (κ2) is 11.8. The Labute approximate surface area is 195 Å². The summed E-state index contributed by atoms with van der Waals surface area (Å²) in [5.41, 5.74) is 1.13. The number of likely N-dealkylation sites (N-methyl/N-ethyl adjacent to an activating group) is 1. The number of hydrogen-bond acceptors (Lipinski definition) is 4. The van der Waals surface area contributed by atoms with Crippen LogP contribution in [0.25, 0.3) is 0 Å². The molecule has 2 rings (SSSR count). The highest BCUT2D eigenvalue weighted by atomic mass is 32.2. The lowest BCUT2D eigenvalue weighted by atomic mass is 10.1. The number of amides is 2. The van der Waals surface area contributed by atoms with E-state index < -0.39 is 34.5 Å². The zero-order valence-corrected chi connectivity index (χ0v) is 20.2. The number of nitrogens with one attached hydrogen (secondary N) is 1. The summed E-state index contributed by atoms with van der Waals surface area (Å²) in [6, 6.07) is 13.6. The van der Waals surface area contributed by atoms with Gasteiger partial charge in [0.2, 0.25) is 11.8 Å². The summed E-state index contributed by atoms with van der Waals surface area (Å²) in [5.74, 6) is -1.39. The van der Waals surface area contributed by atoms with Crippen molar-refractivity contribution in [2.24, 2.45) is 0 Å². The third kappa shape index (κ3) is 6.75. The Morgan fingerprint density at radius 1 is 1.03 bits per heavy atom. The van der Waals surface area contributed by atoms with Gasteiger partial charge in [-0.05, 0) is 42.7 Å². The molecule has 0 aliphatic carbocycles. The summed E-state index contributed by atoms with van der Waals surface area (Å²) >= 11 is 0. The average Bonchev–Trinajstić information content (AvgIpc) is 2.80. The van der Waals surface area contributed by atoms with Crippen molar-refractivity contribution in [3.8, 4) is 0 Å². The highest BCUT2D eigenvalue weighted by molar-refractivity contribution is 7.90. The molecule has 10 heteroatoms. The molecule has 0 aliphatic rings. The first kappa shape index (κ1) is 26.3. The Morgan fingerprint density at radius 2 is 1.64 bits per heavy atom. The molecule has 2 aromatic rings. The number of hydrogen-bond donors (Lipinski definition) is 1. The number of carbonyl (C=O) groups is 2. The van der Waals surface area contributed by atoms with E-state index >= 15 is 0 Å². The van der Waals surface area contributed by atoms with E-state index in [1.165, 1.54) is 38.2 Å². The minimum Gasteiger partial charge on any atom is -0.357 e. The average molecular weight is 479 g/mol. The van der Waals surface area contributed by atoms with Crippen LogP contribution < -0.4 is 9.62 Å². The number of nitrogens with zero attached hydrogens (tertiary/aromatic N) is 3. The lowest BCUT2D eigenvalue weighted by molar-refractivity contribution is -0.139. The van der Waals surface area contributed by atoms with Gasteiger partial charge in [-0.3, -0.25) is 9.59 Å². The minimum absolute atomic E-state index is 0.148. The standard InChI is InChI=1S/C23H31FN4O4S/c1-5-21(23(30)25-2)27(16-15-18-9-7-6-8-10-18)22(29)17-28(33(31,32)26(3)4)20-13-11-19(24)12-14-20/h6-14,21H,5,15-17H2,1-4H3,(H,25,30)/t21-/m0/s1. The molecule has 2 amide bonds. The zero-order chi connectivity index (χ0) is 24.6. The molecule has 0 unspecified atom stereocenters. The molecule has 0 bridgehead atoms. The van der Waals surface area contributed by atoms with Gasteiger partial charge in [-0.15, -0.1) is 0 Å². The van der Waals surface area contributed by atoms with Gasteiger partial charge >= 0.3 is 10.2 Å². The topological polar surface area (TPSA) is 90.0 Å². The minimum atomic E-state index is -4.06. The summed E-state index contributed by atoms with van der Waals surface area (Å²) < 4.78 is 41.3. The first-order chi connectivity index (χ1) is 15.6. The molecule has 0 heterocycles. The van der Waals surface area contributed by atoms with Crippen molar-refractivity contribution in [1.82, 2.24) is 14.5 Å². The molecular formula is C23H31FN4O4S. The van der Waals surface area contributed by atoms with Crippen LogP contribution in [0.5, 0.6) is 0 Å². The van der Waals surface area contributed by atoms with Gasteiger partial charge in [-0.2, -0.15) is 12.7 Å². The molecule has 0 aliphatic heterocycles. The number of halogens is 1. The Kier molecular flexibility index (Phi) is 9.36. The molecule has 0 spiro atoms. The number of carbonyl (C=O) groups excluding carboxylic acids is 2. The van der Waals surface area contributed by atoms with Gasteiger partial charge in [-0.1, -0.05) is 37.3 Å². The monoisotopic (exact) mass is 478 g/mol. The predicted molar refractivity (Wildman–Crippen MR) is 126 cm³/mol. The van der Waals surface area contributed by atoms with Gasteiger partial charge in [0.05, 0.1) is 5.69 Å². The second-order valence-electron chi connectivity index (χ2n) is 7.63. The Balaban J connectivity index is 2.39. The fraction of sp³-hybridized carbons (Fsp3) is 0.391. The zero-order valence-electron chi connectivity index (χ0n) is 19.4. The van der Waals surface area contributed by atoms with Crippen molar-refractivity contribution in [1.29, 1.82) is 0 Å². The predicted octanol–water partition coefficient (Wildman–Crippen LogP) is 2.03. The Hall–Kier alpha value is -2.98. The molecule has 33 heavy (non-hydrogen) atoms. The number of anilines is 1. The van der Waals surface area contributed by atoms with Crippen LogP contribution >= 0.6 is 0 Å².